The number of ether oxygens (including phenoxy) is 1. The van der Waals surface area contributed by atoms with E-state index in [9.17, 15) is 4.79 Å². The van der Waals surface area contributed by atoms with Crippen molar-refractivity contribution in [2.45, 2.75) is 6.42 Å². The van der Waals surface area contributed by atoms with Crippen molar-refractivity contribution in [2.24, 2.45) is 5.73 Å². The largest absolute Gasteiger partial charge is 0.492 e. The monoisotopic (exact) mass is 256 g/mol. The molecule has 0 saturated carbocycles. The summed E-state index contributed by atoms with van der Waals surface area (Å²) in [5, 5.41) is 0. The number of hydrogen-bond acceptors (Lipinski definition) is 3. The highest BCUT2D eigenvalue weighted by molar-refractivity contribution is 5.95. The zero-order valence-electron chi connectivity index (χ0n) is 10.5. The normalized spacial score (nSPS) is 10.1. The van der Waals surface area contributed by atoms with Gasteiger partial charge in [0.1, 0.15) is 5.75 Å². The molecule has 0 aliphatic heterocycles. The molecule has 0 spiro atoms. The summed E-state index contributed by atoms with van der Waals surface area (Å²) in [5.41, 5.74) is 13.3. The van der Waals surface area contributed by atoms with E-state index in [1.54, 1.807) is 24.3 Å². The highest BCUT2D eigenvalue weighted by Gasteiger charge is 2.08. The maximum Gasteiger partial charge on any atom is 0.252 e. The van der Waals surface area contributed by atoms with Gasteiger partial charge in [-0.3, -0.25) is 4.79 Å². The molecule has 2 aromatic carbocycles. The van der Waals surface area contributed by atoms with Crippen LogP contribution >= 0.6 is 0 Å². The molecule has 0 fully saturated rings. The van der Waals surface area contributed by atoms with Gasteiger partial charge in [0.05, 0.1) is 12.2 Å². The van der Waals surface area contributed by atoms with Crippen LogP contribution in [0, 0.1) is 0 Å². The predicted molar refractivity (Wildman–Crippen MR) is 75.0 cm³/mol. The molecular weight excluding hydrogens is 240 g/mol. The molecule has 0 unspecified atom stereocenters. The number of nitrogen functional groups attached to an aromatic ring is 1. The number of carbonyl (C=O) groups is 1. The SMILES string of the molecule is NC(=O)c1ccccc1OCCc1ccccc1N. The molecule has 0 heterocycles. The Bertz CT molecular complexity index is 582. The summed E-state index contributed by atoms with van der Waals surface area (Å²) < 4.78 is 5.60. The molecule has 0 aromatic heterocycles. The van der Waals surface area contributed by atoms with Crippen molar-refractivity contribution in [3.05, 3.63) is 59.7 Å². The highest BCUT2D eigenvalue weighted by atomic mass is 16.5. The van der Waals surface area contributed by atoms with Crippen molar-refractivity contribution in [3.63, 3.8) is 0 Å². The van der Waals surface area contributed by atoms with Crippen LogP contribution in [-0.2, 0) is 6.42 Å². The quantitative estimate of drug-likeness (QED) is 0.803. The summed E-state index contributed by atoms with van der Waals surface area (Å²) in [4.78, 5) is 11.2. The third kappa shape index (κ3) is 3.25. The van der Waals surface area contributed by atoms with Gasteiger partial charge in [0.15, 0.2) is 0 Å². The number of nitrogens with two attached hydrogens (primary N) is 2. The Balaban J connectivity index is 2.00. The van der Waals surface area contributed by atoms with E-state index in [-0.39, 0.29) is 0 Å². The van der Waals surface area contributed by atoms with Gasteiger partial charge >= 0.3 is 0 Å². The topological polar surface area (TPSA) is 78.3 Å². The zero-order valence-corrected chi connectivity index (χ0v) is 10.5. The van der Waals surface area contributed by atoms with Crippen LogP contribution in [0.5, 0.6) is 5.75 Å². The van der Waals surface area contributed by atoms with Crippen molar-refractivity contribution in [2.75, 3.05) is 12.3 Å². The maximum atomic E-state index is 11.2. The highest BCUT2D eigenvalue weighted by Crippen LogP contribution is 2.18. The number of benzene rings is 2. The van der Waals surface area contributed by atoms with E-state index in [2.05, 4.69) is 0 Å². The second kappa shape index (κ2) is 5.91. The minimum absolute atomic E-state index is 0.392. The van der Waals surface area contributed by atoms with Gasteiger partial charge in [0, 0.05) is 12.1 Å². The van der Waals surface area contributed by atoms with E-state index in [1.807, 2.05) is 24.3 Å². The van der Waals surface area contributed by atoms with Crippen LogP contribution in [0.15, 0.2) is 48.5 Å². The molecule has 0 aliphatic rings. The minimum atomic E-state index is -0.491. The first-order valence-electron chi connectivity index (χ1n) is 6.03. The molecule has 4 nitrogen and oxygen atoms in total. The van der Waals surface area contributed by atoms with Crippen LogP contribution in [0.4, 0.5) is 5.69 Å². The second-order valence-electron chi connectivity index (χ2n) is 4.16. The smallest absolute Gasteiger partial charge is 0.252 e. The van der Waals surface area contributed by atoms with E-state index in [0.717, 1.165) is 11.3 Å². The Morgan fingerprint density at radius 3 is 2.47 bits per heavy atom. The molecule has 2 rings (SSSR count). The van der Waals surface area contributed by atoms with Crippen LogP contribution in [0.1, 0.15) is 15.9 Å². The Morgan fingerprint density at radius 2 is 1.74 bits per heavy atom. The van der Waals surface area contributed by atoms with Crippen LogP contribution < -0.4 is 16.2 Å². The fraction of sp³-hybridized carbons (Fsp3) is 0.133. The van der Waals surface area contributed by atoms with E-state index >= 15 is 0 Å². The first kappa shape index (κ1) is 13.0. The van der Waals surface area contributed by atoms with Crippen LogP contribution in [0.2, 0.25) is 0 Å². The van der Waals surface area contributed by atoms with Crippen molar-refractivity contribution in [3.8, 4) is 5.75 Å². The molecule has 0 saturated heterocycles. The molecule has 1 amide bonds. The number of amides is 1. The molecule has 0 atom stereocenters. The van der Waals surface area contributed by atoms with E-state index in [0.29, 0.717) is 24.3 Å². The Morgan fingerprint density at radius 1 is 1.05 bits per heavy atom. The fourth-order valence-electron chi connectivity index (χ4n) is 1.83. The average Bonchev–Trinajstić information content (AvgIpc) is 2.41. The number of para-hydroxylation sites is 2. The van der Waals surface area contributed by atoms with Gasteiger partial charge < -0.3 is 16.2 Å². The fourth-order valence-corrected chi connectivity index (χ4v) is 1.83. The van der Waals surface area contributed by atoms with Gasteiger partial charge in [-0.1, -0.05) is 30.3 Å². The average molecular weight is 256 g/mol. The number of carbonyl (C=O) groups excluding carboxylic acids is 1. The second-order valence-corrected chi connectivity index (χ2v) is 4.16. The Hall–Kier alpha value is -2.49. The van der Waals surface area contributed by atoms with Gasteiger partial charge in [0.2, 0.25) is 0 Å². The molecule has 0 bridgehead atoms. The number of primary amides is 1. The van der Waals surface area contributed by atoms with Gasteiger partial charge in [-0.2, -0.15) is 0 Å². The maximum absolute atomic E-state index is 11.2. The summed E-state index contributed by atoms with van der Waals surface area (Å²) in [7, 11) is 0. The molecule has 98 valence electrons. The van der Waals surface area contributed by atoms with Crippen molar-refractivity contribution in [1.29, 1.82) is 0 Å². The molecule has 0 aliphatic carbocycles. The predicted octanol–water partition coefficient (Wildman–Crippen LogP) is 1.99. The standard InChI is InChI=1S/C15H16N2O2/c16-13-7-3-1-5-11(13)9-10-19-14-8-4-2-6-12(14)15(17)18/h1-8H,9-10,16H2,(H2,17,18). The van der Waals surface area contributed by atoms with E-state index in [4.69, 9.17) is 16.2 Å². The summed E-state index contributed by atoms with van der Waals surface area (Å²) in [6.45, 7) is 0.443. The van der Waals surface area contributed by atoms with Crippen molar-refractivity contribution >= 4 is 11.6 Å². The zero-order chi connectivity index (χ0) is 13.7. The first-order valence-corrected chi connectivity index (χ1v) is 6.03. The molecule has 4 heteroatoms. The van der Waals surface area contributed by atoms with Crippen LogP contribution in [0.3, 0.4) is 0 Å². The van der Waals surface area contributed by atoms with Crippen molar-refractivity contribution in [1.82, 2.24) is 0 Å². The lowest BCUT2D eigenvalue weighted by molar-refractivity contribution is 0.0996. The Kier molecular flexibility index (Phi) is 4.03. The lowest BCUT2D eigenvalue weighted by Gasteiger charge is -2.10. The summed E-state index contributed by atoms with van der Waals surface area (Å²) in [6.07, 6.45) is 0.680. The first-order chi connectivity index (χ1) is 9.18. The van der Waals surface area contributed by atoms with E-state index < -0.39 is 5.91 Å². The summed E-state index contributed by atoms with van der Waals surface area (Å²) in [6, 6.07) is 14.6. The Labute approximate surface area is 112 Å². The number of hydrogen-bond donors (Lipinski definition) is 2. The third-order valence-corrected chi connectivity index (χ3v) is 2.84. The lowest BCUT2D eigenvalue weighted by Crippen LogP contribution is -2.13. The van der Waals surface area contributed by atoms with E-state index in [1.165, 1.54) is 0 Å². The molecular formula is C15H16N2O2. The van der Waals surface area contributed by atoms with Gasteiger partial charge in [-0.15, -0.1) is 0 Å². The summed E-state index contributed by atoms with van der Waals surface area (Å²) >= 11 is 0. The minimum Gasteiger partial charge on any atom is -0.492 e. The summed E-state index contributed by atoms with van der Waals surface area (Å²) in [5.74, 6) is 0.0133. The molecule has 0 radical (unpaired) electrons. The number of rotatable bonds is 5. The third-order valence-electron chi connectivity index (χ3n) is 2.84. The van der Waals surface area contributed by atoms with Crippen LogP contribution in [-0.4, -0.2) is 12.5 Å². The molecule has 2 aromatic rings. The van der Waals surface area contributed by atoms with Gasteiger partial charge in [0.25, 0.3) is 5.91 Å². The van der Waals surface area contributed by atoms with Gasteiger partial charge in [-0.05, 0) is 23.8 Å². The lowest BCUT2D eigenvalue weighted by atomic mass is 10.1. The molecule has 4 N–H and O–H groups in total. The van der Waals surface area contributed by atoms with Crippen molar-refractivity contribution < 1.29 is 9.53 Å². The van der Waals surface area contributed by atoms with Gasteiger partial charge in [-0.25, -0.2) is 0 Å². The number of anilines is 1. The van der Waals surface area contributed by atoms with Crippen LogP contribution in [0.25, 0.3) is 0 Å². The molecule has 19 heavy (non-hydrogen) atoms.